The second kappa shape index (κ2) is 9.30. The molecule has 32 heavy (non-hydrogen) atoms. The lowest BCUT2D eigenvalue weighted by Crippen LogP contribution is -2.32. The maximum atomic E-state index is 11.9. The zero-order chi connectivity index (χ0) is 22.8. The third kappa shape index (κ3) is 4.23. The molecule has 1 N–H and O–H groups in total. The first-order valence-electron chi connectivity index (χ1n) is 10.4. The lowest BCUT2D eigenvalue weighted by Gasteiger charge is -2.28. The van der Waals surface area contributed by atoms with E-state index in [-0.39, 0.29) is 24.5 Å². The van der Waals surface area contributed by atoms with Crippen molar-refractivity contribution in [3.8, 4) is 5.69 Å². The minimum atomic E-state index is -0.264. The molecule has 1 fully saturated rings. The van der Waals surface area contributed by atoms with Crippen LogP contribution >= 0.6 is 23.8 Å². The van der Waals surface area contributed by atoms with Gasteiger partial charge in [0.2, 0.25) is 0 Å². The Morgan fingerprint density at radius 3 is 2.62 bits per heavy atom. The third-order valence-corrected chi connectivity index (χ3v) is 6.46. The van der Waals surface area contributed by atoms with E-state index in [2.05, 4.69) is 39.7 Å². The number of carbonyl (C=O) groups excluding carboxylic acids is 1. The molecule has 1 aliphatic heterocycles. The van der Waals surface area contributed by atoms with E-state index in [1.165, 1.54) is 7.11 Å². The second-order valence-electron chi connectivity index (χ2n) is 7.78. The minimum Gasteiger partial charge on any atom is -0.469 e. The van der Waals surface area contributed by atoms with E-state index in [0.29, 0.717) is 16.7 Å². The molecule has 1 aromatic carbocycles. The molecule has 0 radical (unpaired) electrons. The van der Waals surface area contributed by atoms with Gasteiger partial charge in [-0.3, -0.25) is 9.78 Å². The van der Waals surface area contributed by atoms with Gasteiger partial charge < -0.3 is 19.5 Å². The fourth-order valence-corrected chi connectivity index (χ4v) is 4.83. The van der Waals surface area contributed by atoms with Gasteiger partial charge >= 0.3 is 5.97 Å². The quantitative estimate of drug-likeness (QED) is 0.418. The van der Waals surface area contributed by atoms with Crippen LogP contribution in [0.1, 0.15) is 41.1 Å². The van der Waals surface area contributed by atoms with Gasteiger partial charge in [-0.05, 0) is 74.1 Å². The Hall–Kier alpha value is -2.90. The number of aryl methyl sites for hydroxylation is 1. The number of ether oxygens (including phenoxy) is 1. The van der Waals surface area contributed by atoms with Crippen molar-refractivity contribution in [2.24, 2.45) is 0 Å². The number of nitrogens with one attached hydrogen (secondary N) is 1. The van der Waals surface area contributed by atoms with Crippen LogP contribution in [0, 0.1) is 13.8 Å². The van der Waals surface area contributed by atoms with Crippen molar-refractivity contribution in [2.45, 2.75) is 32.4 Å². The molecule has 166 valence electrons. The van der Waals surface area contributed by atoms with Crippen molar-refractivity contribution < 1.29 is 9.53 Å². The van der Waals surface area contributed by atoms with Crippen molar-refractivity contribution in [1.82, 2.24) is 19.8 Å². The number of hydrogen-bond acceptors (Lipinski definition) is 4. The Morgan fingerprint density at radius 2 is 1.97 bits per heavy atom. The molecular weight excluding hydrogens is 444 g/mol. The Labute approximate surface area is 198 Å². The number of benzene rings is 1. The van der Waals surface area contributed by atoms with Gasteiger partial charge in [0.1, 0.15) is 0 Å². The number of pyridine rings is 1. The van der Waals surface area contributed by atoms with Gasteiger partial charge in [0.15, 0.2) is 5.11 Å². The molecule has 6 nitrogen and oxygen atoms in total. The van der Waals surface area contributed by atoms with Gasteiger partial charge in [-0.15, -0.1) is 0 Å². The Kier molecular flexibility index (Phi) is 6.48. The minimum absolute atomic E-state index is 0.116. The first-order valence-corrected chi connectivity index (χ1v) is 11.2. The number of methoxy groups -OCH3 is 1. The summed E-state index contributed by atoms with van der Waals surface area (Å²) in [6, 6.07) is 15.6. The summed E-state index contributed by atoms with van der Waals surface area (Å²) in [6.45, 7) is 4.64. The largest absolute Gasteiger partial charge is 0.469 e. The van der Waals surface area contributed by atoms with E-state index in [1.54, 1.807) is 6.20 Å². The normalized spacial score (nSPS) is 18.0. The predicted molar refractivity (Wildman–Crippen MR) is 129 cm³/mol. The SMILES string of the molecule is COC(=O)CCN1C(=S)N[C@@H](c2ccccn2)[C@@H]1c1cc(C)n(-c2ccc(Cl)cc2)c1C. The number of aromatic nitrogens is 2. The van der Waals surface area contributed by atoms with Crippen molar-refractivity contribution in [2.75, 3.05) is 13.7 Å². The summed E-state index contributed by atoms with van der Waals surface area (Å²) in [4.78, 5) is 18.5. The van der Waals surface area contributed by atoms with Crippen molar-refractivity contribution in [1.29, 1.82) is 0 Å². The fraction of sp³-hybridized carbons (Fsp3) is 0.292. The molecule has 0 saturated carbocycles. The van der Waals surface area contributed by atoms with E-state index in [1.807, 2.05) is 42.5 Å². The zero-order valence-electron chi connectivity index (χ0n) is 18.2. The smallest absolute Gasteiger partial charge is 0.307 e. The van der Waals surface area contributed by atoms with E-state index < -0.39 is 0 Å². The van der Waals surface area contributed by atoms with Gasteiger partial charge in [0.25, 0.3) is 0 Å². The molecule has 0 aliphatic carbocycles. The summed E-state index contributed by atoms with van der Waals surface area (Å²) in [7, 11) is 1.40. The van der Waals surface area contributed by atoms with Gasteiger partial charge in [-0.25, -0.2) is 0 Å². The first-order chi connectivity index (χ1) is 15.4. The highest BCUT2D eigenvalue weighted by Crippen LogP contribution is 2.41. The molecule has 0 amide bonds. The zero-order valence-corrected chi connectivity index (χ0v) is 19.8. The molecule has 1 saturated heterocycles. The highest BCUT2D eigenvalue weighted by molar-refractivity contribution is 7.80. The summed E-state index contributed by atoms with van der Waals surface area (Å²) in [5.41, 5.74) is 5.28. The lowest BCUT2D eigenvalue weighted by atomic mass is 9.96. The third-order valence-electron chi connectivity index (χ3n) is 5.86. The van der Waals surface area contributed by atoms with Crippen LogP contribution in [0.25, 0.3) is 5.69 Å². The summed E-state index contributed by atoms with van der Waals surface area (Å²) < 4.78 is 7.06. The number of carbonyl (C=O) groups is 1. The van der Waals surface area contributed by atoms with Crippen LogP contribution in [0.2, 0.25) is 5.02 Å². The second-order valence-corrected chi connectivity index (χ2v) is 8.61. The molecule has 3 aromatic rings. The van der Waals surface area contributed by atoms with Crippen LogP contribution in [0.5, 0.6) is 0 Å². The van der Waals surface area contributed by atoms with E-state index >= 15 is 0 Å². The van der Waals surface area contributed by atoms with Crippen LogP contribution in [0.3, 0.4) is 0 Å². The molecule has 2 atom stereocenters. The standard InChI is InChI=1S/C24H25ClN4O2S/c1-15-14-19(16(2)29(15)18-9-7-17(25)8-10-18)23-22(20-6-4-5-12-26-20)27-24(32)28(23)13-11-21(30)31-3/h4-10,12,14,22-23H,11,13H2,1-3H3,(H,27,32)/t22-,23-/m0/s1. The van der Waals surface area contributed by atoms with Crippen LogP contribution in [0.15, 0.2) is 54.7 Å². The van der Waals surface area contributed by atoms with Gasteiger partial charge in [0, 0.05) is 34.8 Å². The van der Waals surface area contributed by atoms with Gasteiger partial charge in [-0.1, -0.05) is 17.7 Å². The summed E-state index contributed by atoms with van der Waals surface area (Å²) in [5, 5.41) is 4.73. The monoisotopic (exact) mass is 468 g/mol. The Bertz CT molecular complexity index is 1130. The van der Waals surface area contributed by atoms with Gasteiger partial charge in [-0.2, -0.15) is 0 Å². The molecule has 2 aromatic heterocycles. The molecule has 4 rings (SSSR count). The van der Waals surface area contributed by atoms with Crippen LogP contribution in [-0.4, -0.2) is 39.2 Å². The van der Waals surface area contributed by atoms with Crippen molar-refractivity contribution in [3.05, 3.63) is 82.4 Å². The Morgan fingerprint density at radius 1 is 1.22 bits per heavy atom. The average Bonchev–Trinajstić information content (AvgIpc) is 3.28. The predicted octanol–water partition coefficient (Wildman–Crippen LogP) is 4.68. The first kappa shape index (κ1) is 22.3. The van der Waals surface area contributed by atoms with Crippen LogP contribution in [0.4, 0.5) is 0 Å². The highest BCUT2D eigenvalue weighted by Gasteiger charge is 2.41. The molecule has 3 heterocycles. The molecule has 0 bridgehead atoms. The number of nitrogens with zero attached hydrogens (tertiary/aromatic N) is 3. The number of halogens is 1. The molecule has 0 spiro atoms. The van der Waals surface area contributed by atoms with E-state index in [4.69, 9.17) is 28.6 Å². The molecule has 0 unspecified atom stereocenters. The fourth-order valence-electron chi connectivity index (χ4n) is 4.37. The summed E-state index contributed by atoms with van der Waals surface area (Å²) in [6.07, 6.45) is 2.03. The topological polar surface area (TPSA) is 59.4 Å². The van der Waals surface area contributed by atoms with Crippen LogP contribution < -0.4 is 5.32 Å². The number of hydrogen-bond donors (Lipinski definition) is 1. The summed E-state index contributed by atoms with van der Waals surface area (Å²) in [5.74, 6) is -0.264. The van der Waals surface area contributed by atoms with Crippen molar-refractivity contribution >= 4 is 34.9 Å². The van der Waals surface area contributed by atoms with Crippen molar-refractivity contribution in [3.63, 3.8) is 0 Å². The number of rotatable bonds is 6. The lowest BCUT2D eigenvalue weighted by molar-refractivity contribution is -0.140. The molecule has 8 heteroatoms. The van der Waals surface area contributed by atoms with Gasteiger partial charge in [0.05, 0.1) is 31.3 Å². The van der Waals surface area contributed by atoms with E-state index in [9.17, 15) is 4.79 Å². The maximum Gasteiger partial charge on any atom is 0.307 e. The number of esters is 1. The number of thiocarbonyl (C=S) groups is 1. The van der Waals surface area contributed by atoms with E-state index in [0.717, 1.165) is 28.3 Å². The Balaban J connectivity index is 1.78. The maximum absolute atomic E-state index is 11.9. The molecular formula is C24H25ClN4O2S. The molecule has 1 aliphatic rings. The highest BCUT2D eigenvalue weighted by atomic mass is 35.5. The van der Waals surface area contributed by atoms with Crippen LogP contribution in [-0.2, 0) is 9.53 Å². The summed E-state index contributed by atoms with van der Waals surface area (Å²) >= 11 is 11.8. The average molecular weight is 469 g/mol.